The van der Waals surface area contributed by atoms with Gasteiger partial charge in [-0.2, -0.15) is 0 Å². The molecule has 1 aromatic carbocycles. The number of imide groups is 1. The fraction of sp³-hybridized carbons (Fsp3) is 0.400. The van der Waals surface area contributed by atoms with Gasteiger partial charge >= 0.3 is 0 Å². The molecule has 1 atom stereocenters. The second kappa shape index (κ2) is 9.35. The van der Waals surface area contributed by atoms with Crippen LogP contribution in [-0.2, 0) is 11.3 Å². The Bertz CT molecular complexity index is 1320. The van der Waals surface area contributed by atoms with Crippen molar-refractivity contribution in [2.75, 3.05) is 26.2 Å². The first-order valence-electron chi connectivity index (χ1n) is 11.8. The van der Waals surface area contributed by atoms with Crippen LogP contribution >= 0.6 is 11.3 Å². The van der Waals surface area contributed by atoms with Crippen LogP contribution in [0.1, 0.15) is 46.8 Å². The van der Waals surface area contributed by atoms with Crippen molar-refractivity contribution < 1.29 is 14.4 Å². The lowest BCUT2D eigenvalue weighted by molar-refractivity contribution is -0.137. The van der Waals surface area contributed by atoms with Crippen molar-refractivity contribution >= 4 is 39.3 Å². The fourth-order valence-electron chi connectivity index (χ4n) is 4.80. The van der Waals surface area contributed by atoms with E-state index in [-0.39, 0.29) is 17.4 Å². The molecule has 182 valence electrons. The smallest absolute Gasteiger partial charge is 0.268 e. The van der Waals surface area contributed by atoms with Crippen molar-refractivity contribution in [1.29, 1.82) is 0 Å². The molecular formula is C25H27N5O4S. The molecule has 3 amide bonds. The predicted molar refractivity (Wildman–Crippen MR) is 132 cm³/mol. The molecule has 35 heavy (non-hydrogen) atoms. The number of aromatic nitrogens is 2. The van der Waals surface area contributed by atoms with Gasteiger partial charge < -0.3 is 9.88 Å². The van der Waals surface area contributed by atoms with E-state index in [0.29, 0.717) is 66.3 Å². The zero-order chi connectivity index (χ0) is 24.7. The number of amides is 3. The van der Waals surface area contributed by atoms with E-state index in [0.717, 1.165) is 4.90 Å². The van der Waals surface area contributed by atoms with E-state index in [4.69, 9.17) is 0 Å². The van der Waals surface area contributed by atoms with Crippen LogP contribution in [0.3, 0.4) is 0 Å². The summed E-state index contributed by atoms with van der Waals surface area (Å²) in [6.45, 7) is 6.60. The average Bonchev–Trinajstić information content (AvgIpc) is 3.41. The lowest BCUT2D eigenvalue weighted by Gasteiger charge is -2.38. The number of thiophene rings is 1. The summed E-state index contributed by atoms with van der Waals surface area (Å²) in [6.07, 6.45) is 0.413. The summed E-state index contributed by atoms with van der Waals surface area (Å²) >= 11 is 1.37. The van der Waals surface area contributed by atoms with Crippen molar-refractivity contribution in [1.82, 2.24) is 24.7 Å². The SMILES string of the molecule is CC(C)C[C@H](C(=O)N1CCN(Cc2nc3ccsc3c(=O)[nH]2)CC1)N1C(=O)c2ccccc2C1=O. The minimum Gasteiger partial charge on any atom is -0.338 e. The van der Waals surface area contributed by atoms with Crippen molar-refractivity contribution in [2.45, 2.75) is 32.9 Å². The van der Waals surface area contributed by atoms with E-state index >= 15 is 0 Å². The lowest BCUT2D eigenvalue weighted by Crippen LogP contribution is -2.56. The summed E-state index contributed by atoms with van der Waals surface area (Å²) in [4.78, 5) is 64.4. The van der Waals surface area contributed by atoms with Crippen LogP contribution < -0.4 is 5.56 Å². The molecule has 0 aliphatic carbocycles. The summed E-state index contributed by atoms with van der Waals surface area (Å²) in [7, 11) is 0. The summed E-state index contributed by atoms with van der Waals surface area (Å²) in [5, 5.41) is 1.85. The number of carbonyl (C=O) groups is 3. The van der Waals surface area contributed by atoms with Crippen LogP contribution in [0.2, 0.25) is 0 Å². The van der Waals surface area contributed by atoms with Gasteiger partial charge in [0.05, 0.1) is 23.2 Å². The molecule has 1 fully saturated rings. The molecule has 1 N–H and O–H groups in total. The third-order valence-corrected chi connectivity index (χ3v) is 7.44. The second-order valence-corrected chi connectivity index (χ2v) is 10.3. The number of fused-ring (bicyclic) bond motifs is 2. The maximum Gasteiger partial charge on any atom is 0.268 e. The van der Waals surface area contributed by atoms with E-state index in [1.165, 1.54) is 11.3 Å². The van der Waals surface area contributed by atoms with Gasteiger partial charge in [0, 0.05) is 26.2 Å². The van der Waals surface area contributed by atoms with E-state index in [1.54, 1.807) is 29.2 Å². The van der Waals surface area contributed by atoms with Crippen molar-refractivity contribution in [2.24, 2.45) is 5.92 Å². The maximum absolute atomic E-state index is 13.6. The third kappa shape index (κ3) is 4.39. The van der Waals surface area contributed by atoms with E-state index < -0.39 is 17.9 Å². The van der Waals surface area contributed by atoms with Gasteiger partial charge in [-0.1, -0.05) is 26.0 Å². The summed E-state index contributed by atoms with van der Waals surface area (Å²) in [5.74, 6) is -0.267. The van der Waals surface area contributed by atoms with E-state index in [2.05, 4.69) is 14.9 Å². The van der Waals surface area contributed by atoms with Gasteiger partial charge in [0.15, 0.2) is 0 Å². The number of piperazine rings is 1. The Balaban J connectivity index is 1.28. The Kier molecular flexibility index (Phi) is 6.24. The highest BCUT2D eigenvalue weighted by Gasteiger charge is 2.44. The van der Waals surface area contributed by atoms with Crippen molar-refractivity contribution in [3.63, 3.8) is 0 Å². The van der Waals surface area contributed by atoms with E-state index in [9.17, 15) is 19.2 Å². The van der Waals surface area contributed by atoms with Crippen molar-refractivity contribution in [3.8, 4) is 0 Å². The minimum atomic E-state index is -0.826. The number of aromatic amines is 1. The molecule has 0 bridgehead atoms. The van der Waals surface area contributed by atoms with Gasteiger partial charge in [0.1, 0.15) is 16.6 Å². The van der Waals surface area contributed by atoms with Crippen molar-refractivity contribution in [3.05, 3.63) is 63.0 Å². The average molecular weight is 494 g/mol. The number of carbonyl (C=O) groups excluding carboxylic acids is 3. The largest absolute Gasteiger partial charge is 0.338 e. The Morgan fingerprint density at radius 1 is 1.03 bits per heavy atom. The molecule has 9 nitrogen and oxygen atoms in total. The van der Waals surface area contributed by atoms with Crippen LogP contribution in [0.4, 0.5) is 0 Å². The highest BCUT2D eigenvalue weighted by molar-refractivity contribution is 7.17. The number of nitrogens with zero attached hydrogens (tertiary/aromatic N) is 4. The molecule has 2 aliphatic heterocycles. The lowest BCUT2D eigenvalue weighted by atomic mass is 10.0. The molecule has 0 radical (unpaired) electrons. The monoisotopic (exact) mass is 493 g/mol. The third-order valence-electron chi connectivity index (χ3n) is 6.54. The molecule has 0 unspecified atom stereocenters. The number of hydrogen-bond donors (Lipinski definition) is 1. The molecule has 5 rings (SSSR count). The first kappa shape index (κ1) is 23.4. The van der Waals surface area contributed by atoms with Crippen LogP contribution in [-0.4, -0.2) is 74.6 Å². The van der Waals surface area contributed by atoms with Gasteiger partial charge in [-0.25, -0.2) is 4.98 Å². The standard InChI is InChI=1S/C25H27N5O4S/c1-15(2)13-19(30-23(32)16-5-3-4-6-17(16)24(30)33)25(34)29-10-8-28(9-11-29)14-20-26-18-7-12-35-21(18)22(31)27-20/h3-7,12,15,19H,8-11,13-14H2,1-2H3,(H,26,27,31)/t19-/m1/s1. The molecule has 4 heterocycles. The zero-order valence-corrected chi connectivity index (χ0v) is 20.5. The number of rotatable bonds is 6. The number of nitrogens with one attached hydrogen (secondary N) is 1. The molecular weight excluding hydrogens is 466 g/mol. The molecule has 1 saturated heterocycles. The van der Waals surface area contributed by atoms with Crippen LogP contribution in [0.5, 0.6) is 0 Å². The van der Waals surface area contributed by atoms with Gasteiger partial charge in [-0.3, -0.25) is 29.0 Å². The number of hydrogen-bond acceptors (Lipinski definition) is 7. The van der Waals surface area contributed by atoms with Crippen LogP contribution in [0.25, 0.3) is 10.2 Å². The summed E-state index contributed by atoms with van der Waals surface area (Å²) in [6, 6.07) is 7.74. The van der Waals surface area contributed by atoms with E-state index in [1.807, 2.05) is 25.3 Å². The van der Waals surface area contributed by atoms with Gasteiger partial charge in [-0.15, -0.1) is 11.3 Å². The first-order chi connectivity index (χ1) is 16.8. The Morgan fingerprint density at radius 3 is 2.31 bits per heavy atom. The van der Waals surface area contributed by atoms with Gasteiger partial charge in [0.25, 0.3) is 17.4 Å². The summed E-state index contributed by atoms with van der Waals surface area (Å²) in [5.41, 5.74) is 1.27. The van der Waals surface area contributed by atoms with Gasteiger partial charge in [-0.05, 0) is 35.9 Å². The predicted octanol–water partition coefficient (Wildman–Crippen LogP) is 2.34. The maximum atomic E-state index is 13.6. The topological polar surface area (TPSA) is 107 Å². The first-order valence-corrected chi connectivity index (χ1v) is 12.7. The quantitative estimate of drug-likeness (QED) is 0.529. The fourth-order valence-corrected chi connectivity index (χ4v) is 5.53. The number of H-pyrrole nitrogens is 1. The molecule has 0 saturated carbocycles. The van der Waals surface area contributed by atoms with Crippen LogP contribution in [0, 0.1) is 5.92 Å². The molecule has 2 aliphatic rings. The molecule has 0 spiro atoms. The molecule has 3 aromatic rings. The Labute approximate surface area is 206 Å². The number of benzene rings is 1. The highest BCUT2D eigenvalue weighted by Crippen LogP contribution is 2.28. The Morgan fingerprint density at radius 2 is 1.69 bits per heavy atom. The second-order valence-electron chi connectivity index (χ2n) is 9.42. The van der Waals surface area contributed by atoms with Crippen LogP contribution in [0.15, 0.2) is 40.5 Å². The molecule has 10 heteroatoms. The molecule has 2 aromatic heterocycles. The minimum absolute atomic E-state index is 0.129. The zero-order valence-electron chi connectivity index (χ0n) is 19.7. The summed E-state index contributed by atoms with van der Waals surface area (Å²) < 4.78 is 0.619. The highest BCUT2D eigenvalue weighted by atomic mass is 32.1. The Hall–Kier alpha value is -3.37. The normalized spacial score (nSPS) is 17.5. The van der Waals surface area contributed by atoms with Gasteiger partial charge in [0.2, 0.25) is 5.91 Å².